The van der Waals surface area contributed by atoms with Crippen molar-refractivity contribution >= 4 is 5.78 Å². The molecule has 0 aliphatic carbocycles. The van der Waals surface area contributed by atoms with Gasteiger partial charge in [0.1, 0.15) is 5.78 Å². The number of hydrogen-bond acceptors (Lipinski definition) is 2. The lowest BCUT2D eigenvalue weighted by molar-refractivity contribution is -0.123. The molecular formula is C12H24O2. The van der Waals surface area contributed by atoms with Crippen molar-refractivity contribution in [2.45, 2.75) is 58.8 Å². The molecule has 0 spiro atoms. The van der Waals surface area contributed by atoms with Crippen LogP contribution in [0.25, 0.3) is 0 Å². The van der Waals surface area contributed by atoms with Crippen molar-refractivity contribution in [1.82, 2.24) is 0 Å². The molecule has 0 amide bonds. The summed E-state index contributed by atoms with van der Waals surface area (Å²) in [6, 6.07) is 0. The van der Waals surface area contributed by atoms with Gasteiger partial charge in [-0.3, -0.25) is 4.79 Å². The Bertz CT molecular complexity index is 137. The highest BCUT2D eigenvalue weighted by atomic mass is 16.3. The van der Waals surface area contributed by atoms with E-state index >= 15 is 0 Å². The van der Waals surface area contributed by atoms with Crippen LogP contribution in [0.1, 0.15) is 58.8 Å². The predicted octanol–water partition coefficient (Wildman–Crippen LogP) is 2.93. The fraction of sp³-hybridized carbons (Fsp3) is 0.917. The van der Waals surface area contributed by atoms with E-state index in [4.69, 9.17) is 5.11 Å². The van der Waals surface area contributed by atoms with Crippen LogP contribution >= 0.6 is 0 Å². The van der Waals surface area contributed by atoms with E-state index in [0.29, 0.717) is 18.6 Å². The summed E-state index contributed by atoms with van der Waals surface area (Å²) in [5, 5.41) is 8.83. The molecular weight excluding hydrogens is 176 g/mol. The topological polar surface area (TPSA) is 37.3 Å². The third-order valence-electron chi connectivity index (χ3n) is 2.60. The van der Waals surface area contributed by atoms with E-state index in [-0.39, 0.29) is 12.5 Å². The fourth-order valence-corrected chi connectivity index (χ4v) is 1.72. The van der Waals surface area contributed by atoms with Crippen molar-refractivity contribution in [3.63, 3.8) is 0 Å². The fourth-order valence-electron chi connectivity index (χ4n) is 1.72. The van der Waals surface area contributed by atoms with Crippen molar-refractivity contribution < 1.29 is 9.90 Å². The average Bonchev–Trinajstić information content (AvgIpc) is 2.18. The number of hydrogen-bond donors (Lipinski definition) is 1. The van der Waals surface area contributed by atoms with Gasteiger partial charge in [0, 0.05) is 18.9 Å². The zero-order valence-electron chi connectivity index (χ0n) is 9.59. The third-order valence-corrected chi connectivity index (χ3v) is 2.60. The highest BCUT2D eigenvalue weighted by Crippen LogP contribution is 2.15. The molecule has 0 aliphatic rings. The van der Waals surface area contributed by atoms with E-state index in [1.165, 1.54) is 0 Å². The molecule has 2 heteroatoms. The Kier molecular flexibility index (Phi) is 8.95. The Balaban J connectivity index is 3.76. The first-order valence-electron chi connectivity index (χ1n) is 5.89. The molecule has 0 aromatic heterocycles. The van der Waals surface area contributed by atoms with E-state index in [2.05, 4.69) is 13.8 Å². The van der Waals surface area contributed by atoms with Crippen LogP contribution in [0.3, 0.4) is 0 Å². The van der Waals surface area contributed by atoms with E-state index < -0.39 is 0 Å². The molecule has 0 aromatic carbocycles. The molecule has 14 heavy (non-hydrogen) atoms. The number of unbranched alkanes of at least 4 members (excludes halogenated alkanes) is 2. The van der Waals surface area contributed by atoms with Crippen LogP contribution in [0, 0.1) is 5.92 Å². The zero-order chi connectivity index (χ0) is 10.8. The SMILES string of the molecule is CCCCCC(=O)C(CCC)CCO. The van der Waals surface area contributed by atoms with Gasteiger partial charge in [-0.15, -0.1) is 0 Å². The summed E-state index contributed by atoms with van der Waals surface area (Å²) in [6.07, 6.45) is 6.64. The van der Waals surface area contributed by atoms with Crippen molar-refractivity contribution in [2.24, 2.45) is 5.92 Å². The maximum atomic E-state index is 11.7. The van der Waals surface area contributed by atoms with Crippen molar-refractivity contribution in [2.75, 3.05) is 6.61 Å². The molecule has 84 valence electrons. The molecule has 0 heterocycles. The number of carbonyl (C=O) groups is 1. The summed E-state index contributed by atoms with van der Waals surface area (Å²) in [5.41, 5.74) is 0. The molecule has 1 N–H and O–H groups in total. The van der Waals surface area contributed by atoms with Crippen LogP contribution in [-0.2, 0) is 4.79 Å². The summed E-state index contributed by atoms with van der Waals surface area (Å²) in [4.78, 5) is 11.7. The second-order valence-corrected chi connectivity index (χ2v) is 3.92. The van der Waals surface area contributed by atoms with Gasteiger partial charge < -0.3 is 5.11 Å². The number of ketones is 1. The van der Waals surface area contributed by atoms with Gasteiger partial charge in [0.25, 0.3) is 0 Å². The van der Waals surface area contributed by atoms with Crippen LogP contribution in [0.15, 0.2) is 0 Å². The minimum atomic E-state index is 0.113. The monoisotopic (exact) mass is 200 g/mol. The second-order valence-electron chi connectivity index (χ2n) is 3.92. The Morgan fingerprint density at radius 1 is 1.14 bits per heavy atom. The third kappa shape index (κ3) is 6.14. The van der Waals surface area contributed by atoms with Gasteiger partial charge >= 0.3 is 0 Å². The van der Waals surface area contributed by atoms with Crippen LogP contribution in [-0.4, -0.2) is 17.5 Å². The molecule has 2 nitrogen and oxygen atoms in total. The molecule has 0 bridgehead atoms. The summed E-state index contributed by atoms with van der Waals surface area (Å²) >= 11 is 0. The van der Waals surface area contributed by atoms with E-state index in [9.17, 15) is 4.79 Å². The lowest BCUT2D eigenvalue weighted by Crippen LogP contribution is -2.15. The molecule has 0 aromatic rings. The highest BCUT2D eigenvalue weighted by molar-refractivity contribution is 5.80. The summed E-state index contributed by atoms with van der Waals surface area (Å²) in [5.74, 6) is 0.469. The maximum absolute atomic E-state index is 11.7. The molecule has 1 unspecified atom stereocenters. The molecule has 0 saturated heterocycles. The predicted molar refractivity (Wildman–Crippen MR) is 59.2 cm³/mol. The van der Waals surface area contributed by atoms with Gasteiger partial charge in [0.15, 0.2) is 0 Å². The molecule has 0 aliphatic heterocycles. The molecule has 0 radical (unpaired) electrons. The Hall–Kier alpha value is -0.370. The zero-order valence-corrected chi connectivity index (χ0v) is 9.59. The van der Waals surface area contributed by atoms with Crippen LogP contribution in [0.5, 0.6) is 0 Å². The lowest BCUT2D eigenvalue weighted by Gasteiger charge is -2.13. The highest BCUT2D eigenvalue weighted by Gasteiger charge is 2.15. The first kappa shape index (κ1) is 13.6. The second kappa shape index (κ2) is 9.20. The molecule has 0 saturated carbocycles. The summed E-state index contributed by atoms with van der Waals surface area (Å²) in [6.45, 7) is 4.37. The van der Waals surface area contributed by atoms with Gasteiger partial charge in [-0.25, -0.2) is 0 Å². The Labute approximate surface area is 87.7 Å². The minimum Gasteiger partial charge on any atom is -0.396 e. The van der Waals surface area contributed by atoms with Gasteiger partial charge in [-0.2, -0.15) is 0 Å². The minimum absolute atomic E-state index is 0.113. The van der Waals surface area contributed by atoms with Gasteiger partial charge in [0.2, 0.25) is 0 Å². The molecule has 0 rings (SSSR count). The summed E-state index contributed by atoms with van der Waals surface area (Å²) < 4.78 is 0. The first-order valence-corrected chi connectivity index (χ1v) is 5.89. The van der Waals surface area contributed by atoms with E-state index in [1.807, 2.05) is 0 Å². The normalized spacial score (nSPS) is 12.8. The maximum Gasteiger partial charge on any atom is 0.136 e. The smallest absolute Gasteiger partial charge is 0.136 e. The number of Topliss-reactive ketones (excluding diaryl/α,β-unsaturated/α-hetero) is 1. The van der Waals surface area contributed by atoms with Gasteiger partial charge in [0.05, 0.1) is 0 Å². The average molecular weight is 200 g/mol. The largest absolute Gasteiger partial charge is 0.396 e. The molecule has 0 fully saturated rings. The van der Waals surface area contributed by atoms with Crippen LogP contribution in [0.2, 0.25) is 0 Å². The van der Waals surface area contributed by atoms with Crippen LogP contribution in [0.4, 0.5) is 0 Å². The van der Waals surface area contributed by atoms with Crippen LogP contribution < -0.4 is 0 Å². The number of carbonyl (C=O) groups excluding carboxylic acids is 1. The number of aliphatic hydroxyl groups excluding tert-OH is 1. The summed E-state index contributed by atoms with van der Waals surface area (Å²) in [7, 11) is 0. The number of aliphatic hydroxyl groups is 1. The van der Waals surface area contributed by atoms with Crippen molar-refractivity contribution in [3.8, 4) is 0 Å². The quantitative estimate of drug-likeness (QED) is 0.581. The Morgan fingerprint density at radius 2 is 1.86 bits per heavy atom. The van der Waals surface area contributed by atoms with Gasteiger partial charge in [-0.05, 0) is 19.3 Å². The lowest BCUT2D eigenvalue weighted by atomic mass is 9.92. The van der Waals surface area contributed by atoms with E-state index in [1.54, 1.807) is 0 Å². The Morgan fingerprint density at radius 3 is 2.36 bits per heavy atom. The standard InChI is InChI=1S/C12H24O2/c1-3-5-6-8-12(14)11(7-4-2)9-10-13/h11,13H,3-10H2,1-2H3. The van der Waals surface area contributed by atoms with Gasteiger partial charge in [-0.1, -0.05) is 33.1 Å². The van der Waals surface area contributed by atoms with E-state index in [0.717, 1.165) is 32.1 Å². The first-order chi connectivity index (χ1) is 6.76. The number of rotatable bonds is 9. The van der Waals surface area contributed by atoms with Crippen molar-refractivity contribution in [1.29, 1.82) is 0 Å². The van der Waals surface area contributed by atoms with Crippen molar-refractivity contribution in [3.05, 3.63) is 0 Å². The molecule has 1 atom stereocenters.